The first-order chi connectivity index (χ1) is 12.1. The molecule has 0 aromatic heterocycles. The van der Waals surface area contributed by atoms with Crippen molar-refractivity contribution in [2.45, 2.75) is 18.9 Å². The van der Waals surface area contributed by atoms with Gasteiger partial charge in [-0.25, -0.2) is 4.79 Å². The summed E-state index contributed by atoms with van der Waals surface area (Å²) < 4.78 is 5.11. The standard InChI is InChI=1S/C20H21NO4/c22-18-10-12-21(13-11-18)17-8-6-16(7-9-17)20(24)25-14-19(23)15-4-2-1-3-5-15/h1-9,18,22H,10-14H2. The number of ketones is 1. The lowest BCUT2D eigenvalue weighted by molar-refractivity contribution is 0.0475. The predicted octanol–water partition coefficient (Wildman–Crippen LogP) is 2.69. The predicted molar refractivity (Wildman–Crippen MR) is 95.0 cm³/mol. The molecule has 5 nitrogen and oxygen atoms in total. The highest BCUT2D eigenvalue weighted by atomic mass is 16.5. The number of aliphatic hydroxyl groups excluding tert-OH is 1. The average Bonchev–Trinajstić information content (AvgIpc) is 2.67. The van der Waals surface area contributed by atoms with Crippen molar-refractivity contribution in [3.63, 3.8) is 0 Å². The van der Waals surface area contributed by atoms with E-state index in [9.17, 15) is 14.7 Å². The number of anilines is 1. The Bertz CT molecular complexity index is 719. The Kier molecular flexibility index (Phi) is 5.46. The highest BCUT2D eigenvalue weighted by molar-refractivity contribution is 5.99. The van der Waals surface area contributed by atoms with Crippen molar-refractivity contribution >= 4 is 17.4 Å². The molecule has 1 saturated heterocycles. The molecule has 0 radical (unpaired) electrons. The van der Waals surface area contributed by atoms with E-state index in [1.54, 1.807) is 36.4 Å². The quantitative estimate of drug-likeness (QED) is 0.670. The number of esters is 1. The summed E-state index contributed by atoms with van der Waals surface area (Å²) in [6.45, 7) is 1.34. The van der Waals surface area contributed by atoms with E-state index in [0.717, 1.165) is 31.6 Å². The van der Waals surface area contributed by atoms with Gasteiger partial charge in [0.15, 0.2) is 12.4 Å². The van der Waals surface area contributed by atoms with Crippen molar-refractivity contribution in [2.24, 2.45) is 0 Å². The van der Waals surface area contributed by atoms with Gasteiger partial charge in [-0.2, -0.15) is 0 Å². The van der Waals surface area contributed by atoms with Crippen LogP contribution in [-0.4, -0.2) is 42.7 Å². The molecule has 2 aromatic rings. The largest absolute Gasteiger partial charge is 0.454 e. The minimum absolute atomic E-state index is 0.215. The lowest BCUT2D eigenvalue weighted by Gasteiger charge is -2.31. The van der Waals surface area contributed by atoms with Gasteiger partial charge in [0.1, 0.15) is 0 Å². The molecule has 0 spiro atoms. The van der Waals surface area contributed by atoms with Crippen LogP contribution < -0.4 is 4.90 Å². The third-order valence-electron chi connectivity index (χ3n) is 4.36. The maximum atomic E-state index is 12.1. The average molecular weight is 339 g/mol. The van der Waals surface area contributed by atoms with Crippen LogP contribution in [-0.2, 0) is 4.74 Å². The Labute approximate surface area is 146 Å². The summed E-state index contributed by atoms with van der Waals surface area (Å²) in [5, 5.41) is 9.56. The van der Waals surface area contributed by atoms with Gasteiger partial charge >= 0.3 is 5.97 Å². The van der Waals surface area contributed by atoms with Gasteiger partial charge < -0.3 is 14.7 Å². The van der Waals surface area contributed by atoms with Crippen LogP contribution in [0.4, 0.5) is 5.69 Å². The summed E-state index contributed by atoms with van der Waals surface area (Å²) in [7, 11) is 0. The molecular formula is C20H21NO4. The van der Waals surface area contributed by atoms with Crippen molar-refractivity contribution < 1.29 is 19.4 Å². The number of carbonyl (C=O) groups is 2. The Morgan fingerprint density at radius 1 is 0.960 bits per heavy atom. The first-order valence-electron chi connectivity index (χ1n) is 8.42. The fourth-order valence-electron chi connectivity index (χ4n) is 2.85. The Balaban J connectivity index is 1.55. The minimum atomic E-state index is -0.509. The molecule has 0 atom stereocenters. The van der Waals surface area contributed by atoms with Crippen LogP contribution in [0.5, 0.6) is 0 Å². The summed E-state index contributed by atoms with van der Waals surface area (Å²) in [5.74, 6) is -0.734. The molecule has 1 aliphatic rings. The lowest BCUT2D eigenvalue weighted by Crippen LogP contribution is -2.35. The SMILES string of the molecule is O=C(COC(=O)c1ccc(N2CCC(O)CC2)cc1)c1ccccc1. The number of rotatable bonds is 5. The van der Waals surface area contributed by atoms with Crippen LogP contribution in [0.3, 0.4) is 0 Å². The van der Waals surface area contributed by atoms with E-state index in [2.05, 4.69) is 4.90 Å². The van der Waals surface area contributed by atoms with Gasteiger partial charge in [-0.3, -0.25) is 4.79 Å². The molecule has 3 rings (SSSR count). The third kappa shape index (κ3) is 4.45. The smallest absolute Gasteiger partial charge is 0.338 e. The Morgan fingerprint density at radius 2 is 1.60 bits per heavy atom. The van der Waals surface area contributed by atoms with E-state index < -0.39 is 5.97 Å². The van der Waals surface area contributed by atoms with Crippen LogP contribution in [0, 0.1) is 0 Å². The van der Waals surface area contributed by atoms with Gasteiger partial charge in [-0.15, -0.1) is 0 Å². The number of piperidine rings is 1. The van der Waals surface area contributed by atoms with E-state index >= 15 is 0 Å². The molecule has 0 bridgehead atoms. The topological polar surface area (TPSA) is 66.8 Å². The van der Waals surface area contributed by atoms with Gasteiger partial charge in [0, 0.05) is 24.3 Å². The fraction of sp³-hybridized carbons (Fsp3) is 0.300. The maximum absolute atomic E-state index is 12.1. The molecule has 0 amide bonds. The van der Waals surface area contributed by atoms with Crippen LogP contribution in [0.2, 0.25) is 0 Å². The zero-order valence-corrected chi connectivity index (χ0v) is 13.9. The third-order valence-corrected chi connectivity index (χ3v) is 4.36. The normalized spacial score (nSPS) is 15.0. The summed E-state index contributed by atoms with van der Waals surface area (Å²) >= 11 is 0. The van der Waals surface area contributed by atoms with E-state index in [-0.39, 0.29) is 18.5 Å². The maximum Gasteiger partial charge on any atom is 0.338 e. The van der Waals surface area contributed by atoms with E-state index in [1.807, 2.05) is 18.2 Å². The lowest BCUT2D eigenvalue weighted by atomic mass is 10.1. The molecule has 130 valence electrons. The van der Waals surface area contributed by atoms with Gasteiger partial charge in [0.2, 0.25) is 0 Å². The van der Waals surface area contributed by atoms with Gasteiger partial charge in [0.05, 0.1) is 11.7 Å². The summed E-state index contributed by atoms with van der Waals surface area (Å²) in [5.41, 5.74) is 1.96. The minimum Gasteiger partial charge on any atom is -0.454 e. The molecule has 1 heterocycles. The van der Waals surface area contributed by atoms with Crippen LogP contribution >= 0.6 is 0 Å². The van der Waals surface area contributed by atoms with Crippen LogP contribution in [0.1, 0.15) is 33.6 Å². The number of benzene rings is 2. The second-order valence-corrected chi connectivity index (χ2v) is 6.13. The van der Waals surface area contributed by atoms with Crippen molar-refractivity contribution in [3.8, 4) is 0 Å². The number of Topliss-reactive ketones (excluding diaryl/α,β-unsaturated/α-hetero) is 1. The molecule has 2 aromatic carbocycles. The highest BCUT2D eigenvalue weighted by Gasteiger charge is 2.18. The van der Waals surface area contributed by atoms with E-state index in [4.69, 9.17) is 4.74 Å². The van der Waals surface area contributed by atoms with E-state index in [1.165, 1.54) is 0 Å². The molecule has 0 aliphatic carbocycles. The van der Waals surface area contributed by atoms with Gasteiger partial charge in [-0.1, -0.05) is 30.3 Å². The summed E-state index contributed by atoms with van der Waals surface area (Å²) in [4.78, 5) is 26.2. The monoisotopic (exact) mass is 339 g/mol. The first kappa shape index (κ1) is 17.2. The zero-order valence-electron chi connectivity index (χ0n) is 13.9. The first-order valence-corrected chi connectivity index (χ1v) is 8.42. The van der Waals surface area contributed by atoms with Gasteiger partial charge in [-0.05, 0) is 37.1 Å². The van der Waals surface area contributed by atoms with Gasteiger partial charge in [0.25, 0.3) is 0 Å². The zero-order chi connectivity index (χ0) is 17.6. The number of hydrogen-bond acceptors (Lipinski definition) is 5. The second-order valence-electron chi connectivity index (χ2n) is 6.13. The fourth-order valence-corrected chi connectivity index (χ4v) is 2.85. The van der Waals surface area contributed by atoms with Crippen LogP contribution in [0.15, 0.2) is 54.6 Å². The molecule has 1 aliphatic heterocycles. The Hall–Kier alpha value is -2.66. The Morgan fingerprint density at radius 3 is 2.24 bits per heavy atom. The van der Waals surface area contributed by atoms with Crippen molar-refractivity contribution in [1.29, 1.82) is 0 Å². The molecular weight excluding hydrogens is 318 g/mol. The van der Waals surface area contributed by atoms with Crippen molar-refractivity contribution in [3.05, 3.63) is 65.7 Å². The molecule has 1 fully saturated rings. The number of aliphatic hydroxyl groups is 1. The number of hydrogen-bond donors (Lipinski definition) is 1. The van der Waals surface area contributed by atoms with E-state index in [0.29, 0.717) is 11.1 Å². The number of nitrogens with zero attached hydrogens (tertiary/aromatic N) is 1. The molecule has 1 N–H and O–H groups in total. The van der Waals surface area contributed by atoms with Crippen LogP contribution in [0.25, 0.3) is 0 Å². The molecule has 0 saturated carbocycles. The van der Waals surface area contributed by atoms with Crippen molar-refractivity contribution in [1.82, 2.24) is 0 Å². The summed E-state index contributed by atoms with van der Waals surface area (Å²) in [6, 6.07) is 15.9. The molecule has 25 heavy (non-hydrogen) atoms. The number of ether oxygens (including phenoxy) is 1. The summed E-state index contributed by atoms with van der Waals surface area (Å²) in [6.07, 6.45) is 1.30. The number of carbonyl (C=O) groups excluding carboxylic acids is 2. The second kappa shape index (κ2) is 7.94. The highest BCUT2D eigenvalue weighted by Crippen LogP contribution is 2.20. The van der Waals surface area contributed by atoms with Crippen molar-refractivity contribution in [2.75, 3.05) is 24.6 Å². The molecule has 5 heteroatoms. The molecule has 0 unspecified atom stereocenters.